The highest BCUT2D eigenvalue weighted by Gasteiger charge is 2.33. The molecule has 0 spiro atoms. The second-order valence-corrected chi connectivity index (χ2v) is 5.62. The minimum atomic E-state index is -4.72. The smallest absolute Gasteiger partial charge is 0.321 e. The molecule has 2 N–H and O–H groups in total. The molecule has 6 nitrogen and oxygen atoms in total. The highest BCUT2D eigenvalue weighted by atomic mass is 19.4. The van der Waals surface area contributed by atoms with E-state index in [2.05, 4.69) is 4.98 Å². The molecule has 10 heteroatoms. The summed E-state index contributed by atoms with van der Waals surface area (Å²) in [6.45, 7) is 0. The van der Waals surface area contributed by atoms with Gasteiger partial charge < -0.3 is 10.3 Å². The molecule has 144 valence electrons. The van der Waals surface area contributed by atoms with Gasteiger partial charge in [-0.25, -0.2) is 13.8 Å². The van der Waals surface area contributed by atoms with Gasteiger partial charge in [-0.3, -0.25) is 9.59 Å². The van der Waals surface area contributed by atoms with Crippen molar-refractivity contribution in [1.82, 2.24) is 9.55 Å². The number of amides is 1. The number of benzene rings is 2. The zero-order chi connectivity index (χ0) is 20.5. The van der Waals surface area contributed by atoms with Crippen molar-refractivity contribution in [3.8, 4) is 5.69 Å². The van der Waals surface area contributed by atoms with E-state index < -0.39 is 46.0 Å². The van der Waals surface area contributed by atoms with Crippen molar-refractivity contribution in [2.24, 2.45) is 0 Å². The standard InChI is InChI=1S/C18H11F4N3O3/c19-10-5-7-11(8-6-10)25-16(27)12(9-23-17(25)28)15(26)24-14-4-2-1-3-13(14)18(20,21)22/h1-9H,(H,23,28)(H,24,26). The fourth-order valence-corrected chi connectivity index (χ4v) is 2.49. The van der Waals surface area contributed by atoms with Crippen LogP contribution in [0.4, 0.5) is 23.2 Å². The molecule has 0 radical (unpaired) electrons. The van der Waals surface area contributed by atoms with Crippen LogP contribution in [-0.2, 0) is 6.18 Å². The number of H-pyrrole nitrogens is 1. The lowest BCUT2D eigenvalue weighted by molar-refractivity contribution is -0.136. The molecule has 1 heterocycles. The summed E-state index contributed by atoms with van der Waals surface area (Å²) in [4.78, 5) is 39.1. The minimum absolute atomic E-state index is 0.0157. The highest BCUT2D eigenvalue weighted by Crippen LogP contribution is 2.34. The van der Waals surface area contributed by atoms with E-state index in [9.17, 15) is 31.9 Å². The number of hydrogen-bond donors (Lipinski definition) is 2. The van der Waals surface area contributed by atoms with Crippen LogP contribution in [0.3, 0.4) is 0 Å². The number of nitrogens with zero attached hydrogens (tertiary/aromatic N) is 1. The molecule has 0 aliphatic heterocycles. The SMILES string of the molecule is O=C(Nc1ccccc1C(F)(F)F)c1c[nH]c(=O)n(-c2ccc(F)cc2)c1=O. The van der Waals surface area contributed by atoms with Crippen molar-refractivity contribution >= 4 is 11.6 Å². The molecule has 2 aromatic carbocycles. The van der Waals surface area contributed by atoms with Crippen molar-refractivity contribution in [3.63, 3.8) is 0 Å². The number of carbonyl (C=O) groups excluding carboxylic acids is 1. The Morgan fingerprint density at radius 3 is 2.29 bits per heavy atom. The number of halogens is 4. The summed E-state index contributed by atoms with van der Waals surface area (Å²) in [6.07, 6.45) is -3.92. The Labute approximate surface area is 154 Å². The predicted octanol–water partition coefficient (Wildman–Crippen LogP) is 2.94. The molecule has 0 bridgehead atoms. The molecule has 28 heavy (non-hydrogen) atoms. The summed E-state index contributed by atoms with van der Waals surface area (Å²) in [5, 5.41) is 2.03. The monoisotopic (exact) mass is 393 g/mol. The number of hydrogen-bond acceptors (Lipinski definition) is 3. The Morgan fingerprint density at radius 1 is 1.00 bits per heavy atom. The first-order valence-corrected chi connectivity index (χ1v) is 7.77. The fourth-order valence-electron chi connectivity index (χ4n) is 2.49. The van der Waals surface area contributed by atoms with Crippen molar-refractivity contribution in [2.75, 3.05) is 5.32 Å². The van der Waals surface area contributed by atoms with Crippen LogP contribution in [0.1, 0.15) is 15.9 Å². The van der Waals surface area contributed by atoms with E-state index in [4.69, 9.17) is 0 Å². The predicted molar refractivity (Wildman–Crippen MR) is 92.0 cm³/mol. The number of rotatable bonds is 3. The Hall–Kier alpha value is -3.69. The molecule has 1 aromatic heterocycles. The van der Waals surface area contributed by atoms with Gasteiger partial charge in [0.15, 0.2) is 0 Å². The lowest BCUT2D eigenvalue weighted by Gasteiger charge is -2.13. The Morgan fingerprint density at radius 2 is 1.64 bits per heavy atom. The van der Waals surface area contributed by atoms with E-state index in [0.717, 1.165) is 48.7 Å². The number of aromatic amines is 1. The molecule has 3 rings (SSSR count). The molecular formula is C18H11F4N3O3. The molecule has 0 fully saturated rings. The summed E-state index contributed by atoms with van der Waals surface area (Å²) in [5.41, 5.74) is -4.22. The maximum absolute atomic E-state index is 13.1. The van der Waals surface area contributed by atoms with Crippen molar-refractivity contribution in [2.45, 2.75) is 6.18 Å². The highest BCUT2D eigenvalue weighted by molar-refractivity contribution is 6.04. The quantitative estimate of drug-likeness (QED) is 0.671. The lowest BCUT2D eigenvalue weighted by atomic mass is 10.1. The zero-order valence-electron chi connectivity index (χ0n) is 13.9. The third kappa shape index (κ3) is 3.70. The van der Waals surface area contributed by atoms with E-state index in [0.29, 0.717) is 4.57 Å². The first-order chi connectivity index (χ1) is 13.2. The van der Waals surface area contributed by atoms with Crippen molar-refractivity contribution in [1.29, 1.82) is 0 Å². The number of nitrogens with one attached hydrogen (secondary N) is 2. The third-order valence-electron chi connectivity index (χ3n) is 3.79. The van der Waals surface area contributed by atoms with E-state index in [-0.39, 0.29) is 5.69 Å². The lowest BCUT2D eigenvalue weighted by Crippen LogP contribution is -2.38. The first kappa shape index (κ1) is 19.1. The summed E-state index contributed by atoms with van der Waals surface area (Å²) in [5.74, 6) is -1.75. The van der Waals surface area contributed by atoms with Gasteiger partial charge in [0.2, 0.25) is 0 Å². The molecular weight excluding hydrogens is 382 g/mol. The largest absolute Gasteiger partial charge is 0.418 e. The van der Waals surface area contributed by atoms with Gasteiger partial charge in [0.25, 0.3) is 11.5 Å². The number of anilines is 1. The van der Waals surface area contributed by atoms with Crippen LogP contribution in [0.25, 0.3) is 5.69 Å². The average Bonchev–Trinajstić information content (AvgIpc) is 2.63. The fraction of sp³-hybridized carbons (Fsp3) is 0.0556. The molecule has 0 aliphatic carbocycles. The summed E-state index contributed by atoms with van der Waals surface area (Å²) >= 11 is 0. The van der Waals surface area contributed by atoms with Crippen LogP contribution in [0.15, 0.2) is 64.3 Å². The summed E-state index contributed by atoms with van der Waals surface area (Å²) in [7, 11) is 0. The summed E-state index contributed by atoms with van der Waals surface area (Å²) < 4.78 is 52.8. The van der Waals surface area contributed by atoms with Gasteiger partial charge in [0.1, 0.15) is 11.4 Å². The maximum Gasteiger partial charge on any atom is 0.418 e. The normalized spacial score (nSPS) is 11.3. The van der Waals surface area contributed by atoms with Gasteiger partial charge in [-0.1, -0.05) is 12.1 Å². The van der Waals surface area contributed by atoms with Gasteiger partial charge in [0.05, 0.1) is 16.9 Å². The Kier molecular flexibility index (Phi) is 4.87. The Balaban J connectivity index is 2.03. The average molecular weight is 393 g/mol. The van der Waals surface area contributed by atoms with E-state index in [1.165, 1.54) is 6.07 Å². The van der Waals surface area contributed by atoms with E-state index >= 15 is 0 Å². The van der Waals surface area contributed by atoms with Crippen molar-refractivity contribution < 1.29 is 22.4 Å². The number of alkyl halides is 3. The van der Waals surface area contributed by atoms with Gasteiger partial charge in [-0.2, -0.15) is 13.2 Å². The number of aromatic nitrogens is 2. The zero-order valence-corrected chi connectivity index (χ0v) is 13.9. The van der Waals surface area contributed by atoms with Crippen LogP contribution < -0.4 is 16.6 Å². The van der Waals surface area contributed by atoms with Crippen LogP contribution in [0, 0.1) is 5.82 Å². The van der Waals surface area contributed by atoms with Crippen LogP contribution in [0.5, 0.6) is 0 Å². The van der Waals surface area contributed by atoms with Gasteiger partial charge in [-0.05, 0) is 36.4 Å². The van der Waals surface area contributed by atoms with E-state index in [1.807, 2.05) is 5.32 Å². The molecule has 1 amide bonds. The number of para-hydroxylation sites is 1. The third-order valence-corrected chi connectivity index (χ3v) is 3.79. The minimum Gasteiger partial charge on any atom is -0.321 e. The Bertz CT molecular complexity index is 1150. The van der Waals surface area contributed by atoms with Crippen LogP contribution in [0.2, 0.25) is 0 Å². The second kappa shape index (κ2) is 7.14. The topological polar surface area (TPSA) is 84.0 Å². The van der Waals surface area contributed by atoms with E-state index in [1.54, 1.807) is 0 Å². The molecule has 0 aliphatic rings. The van der Waals surface area contributed by atoms with Gasteiger partial charge in [0, 0.05) is 6.20 Å². The molecule has 0 saturated heterocycles. The summed E-state index contributed by atoms with van der Waals surface area (Å²) in [6, 6.07) is 8.55. The van der Waals surface area contributed by atoms with Gasteiger partial charge in [-0.15, -0.1) is 0 Å². The van der Waals surface area contributed by atoms with Gasteiger partial charge >= 0.3 is 11.9 Å². The molecule has 3 aromatic rings. The van der Waals surface area contributed by atoms with Crippen LogP contribution in [-0.4, -0.2) is 15.5 Å². The molecule has 0 unspecified atom stereocenters. The number of carbonyl (C=O) groups is 1. The first-order valence-electron chi connectivity index (χ1n) is 7.77. The molecule has 0 atom stereocenters. The van der Waals surface area contributed by atoms with Crippen LogP contribution >= 0.6 is 0 Å². The maximum atomic E-state index is 13.1. The van der Waals surface area contributed by atoms with Crippen molar-refractivity contribution in [3.05, 3.63) is 92.5 Å². The second-order valence-electron chi connectivity index (χ2n) is 5.62. The molecule has 0 saturated carbocycles.